The molecule has 0 bridgehead atoms. The maximum atomic E-state index is 10.1. The van der Waals surface area contributed by atoms with E-state index in [1.54, 1.807) is 0 Å². The summed E-state index contributed by atoms with van der Waals surface area (Å²) in [6.45, 7) is 6.53. The molecule has 1 fully saturated rings. The molecule has 1 N–H and O–H groups in total. The van der Waals surface area contributed by atoms with Crippen LogP contribution in [0.3, 0.4) is 0 Å². The molecule has 0 radical (unpaired) electrons. The van der Waals surface area contributed by atoms with Gasteiger partial charge in [-0.15, -0.1) is 0 Å². The van der Waals surface area contributed by atoms with Crippen molar-refractivity contribution in [2.24, 2.45) is 0 Å². The minimum Gasteiger partial charge on any atom is -0.387 e. The fourth-order valence-corrected chi connectivity index (χ4v) is 2.89. The Labute approximate surface area is 113 Å². The van der Waals surface area contributed by atoms with Crippen LogP contribution in [0.5, 0.6) is 0 Å². The van der Waals surface area contributed by atoms with Gasteiger partial charge < -0.3 is 5.11 Å². The fourth-order valence-electron chi connectivity index (χ4n) is 2.89. The number of aromatic nitrogens is 1. The van der Waals surface area contributed by atoms with E-state index in [2.05, 4.69) is 34.1 Å². The maximum absolute atomic E-state index is 10.1. The normalized spacial score (nSPS) is 18.5. The molecule has 1 saturated heterocycles. The lowest BCUT2D eigenvalue weighted by atomic mass is 9.90. The Balaban J connectivity index is 1.86. The van der Waals surface area contributed by atoms with Crippen LogP contribution in [-0.2, 0) is 6.54 Å². The van der Waals surface area contributed by atoms with Crippen molar-refractivity contribution in [3.8, 4) is 0 Å². The lowest BCUT2D eigenvalue weighted by molar-refractivity contribution is -0.103. The third-order valence-electron chi connectivity index (χ3n) is 4.02. The van der Waals surface area contributed by atoms with E-state index in [-0.39, 0.29) is 0 Å². The molecule has 0 atom stereocenters. The summed E-state index contributed by atoms with van der Waals surface area (Å²) in [5.74, 6) is 0. The number of β-amino-alcohol motifs (C(OH)–C–C–N with tert-alkyl or cyclic N) is 1. The Kier molecular flexibility index (Phi) is 3.03. The molecule has 3 rings (SSSR count). The average Bonchev–Trinajstić information content (AvgIpc) is 2.36. The van der Waals surface area contributed by atoms with Crippen molar-refractivity contribution >= 4 is 10.9 Å². The Bertz CT molecular complexity index is 603. The number of pyridine rings is 1. The predicted octanol–water partition coefficient (Wildman–Crippen LogP) is 2.50. The van der Waals surface area contributed by atoms with Gasteiger partial charge in [-0.2, -0.15) is 0 Å². The number of rotatable bonds is 3. The average molecular weight is 256 g/mol. The standard InChI is InChI=1S/C16H20N2O/c1-3-16(19)10-18(11-16)9-13-8-12(2)17-15-7-5-4-6-14(13)15/h4-8,19H,3,9-11H2,1-2H3. The highest BCUT2D eigenvalue weighted by atomic mass is 16.3. The topological polar surface area (TPSA) is 36.4 Å². The third-order valence-corrected chi connectivity index (χ3v) is 4.02. The van der Waals surface area contributed by atoms with Gasteiger partial charge in [0.1, 0.15) is 0 Å². The first-order valence-corrected chi connectivity index (χ1v) is 6.90. The van der Waals surface area contributed by atoms with E-state index in [1.165, 1.54) is 10.9 Å². The van der Waals surface area contributed by atoms with E-state index in [0.717, 1.165) is 37.3 Å². The highest BCUT2D eigenvalue weighted by Crippen LogP contribution is 2.28. The van der Waals surface area contributed by atoms with Crippen LogP contribution in [0.15, 0.2) is 30.3 Å². The first-order chi connectivity index (χ1) is 9.09. The van der Waals surface area contributed by atoms with Crippen LogP contribution in [0.1, 0.15) is 24.6 Å². The molecule has 0 aliphatic carbocycles. The minimum atomic E-state index is -0.460. The molecule has 19 heavy (non-hydrogen) atoms. The number of benzene rings is 1. The zero-order valence-corrected chi connectivity index (χ0v) is 11.6. The van der Waals surface area contributed by atoms with E-state index in [9.17, 15) is 5.11 Å². The van der Waals surface area contributed by atoms with Crippen molar-refractivity contribution < 1.29 is 5.11 Å². The summed E-state index contributed by atoms with van der Waals surface area (Å²) in [6.07, 6.45) is 0.833. The van der Waals surface area contributed by atoms with Gasteiger partial charge in [0.05, 0.1) is 11.1 Å². The first kappa shape index (κ1) is 12.6. The van der Waals surface area contributed by atoms with Crippen molar-refractivity contribution in [3.63, 3.8) is 0 Å². The Morgan fingerprint density at radius 2 is 2.05 bits per heavy atom. The van der Waals surface area contributed by atoms with Crippen LogP contribution < -0.4 is 0 Å². The fraction of sp³-hybridized carbons (Fsp3) is 0.438. The van der Waals surface area contributed by atoms with Crippen LogP contribution in [0.2, 0.25) is 0 Å². The van der Waals surface area contributed by atoms with Gasteiger partial charge in [-0.1, -0.05) is 25.1 Å². The molecule has 1 aliphatic heterocycles. The molecule has 0 saturated carbocycles. The maximum Gasteiger partial charge on any atom is 0.0897 e. The SMILES string of the molecule is CCC1(O)CN(Cc2cc(C)nc3ccccc23)C1. The molecule has 100 valence electrons. The Hall–Kier alpha value is -1.45. The number of nitrogens with zero attached hydrogens (tertiary/aromatic N) is 2. The molecular weight excluding hydrogens is 236 g/mol. The molecule has 1 aliphatic rings. The number of likely N-dealkylation sites (tertiary alicyclic amines) is 1. The number of aliphatic hydroxyl groups is 1. The van der Waals surface area contributed by atoms with E-state index in [0.29, 0.717) is 0 Å². The van der Waals surface area contributed by atoms with Crippen molar-refractivity contribution in [1.29, 1.82) is 0 Å². The summed E-state index contributed by atoms with van der Waals surface area (Å²) in [7, 11) is 0. The van der Waals surface area contributed by atoms with Crippen molar-refractivity contribution in [2.45, 2.75) is 32.4 Å². The first-order valence-electron chi connectivity index (χ1n) is 6.90. The highest BCUT2D eigenvalue weighted by Gasteiger charge is 2.39. The number of fused-ring (bicyclic) bond motifs is 1. The molecule has 3 nitrogen and oxygen atoms in total. The minimum absolute atomic E-state index is 0.460. The predicted molar refractivity (Wildman–Crippen MR) is 77.0 cm³/mol. The van der Waals surface area contributed by atoms with Crippen LogP contribution >= 0.6 is 0 Å². The molecular formula is C16H20N2O. The summed E-state index contributed by atoms with van der Waals surface area (Å²) >= 11 is 0. The van der Waals surface area contributed by atoms with Crippen LogP contribution in [0, 0.1) is 6.92 Å². The second-order valence-corrected chi connectivity index (χ2v) is 5.66. The molecule has 0 amide bonds. The summed E-state index contributed by atoms with van der Waals surface area (Å²) < 4.78 is 0. The zero-order chi connectivity index (χ0) is 13.5. The Morgan fingerprint density at radius 1 is 1.32 bits per heavy atom. The summed E-state index contributed by atoms with van der Waals surface area (Å²) in [5.41, 5.74) is 2.96. The van der Waals surface area contributed by atoms with Crippen molar-refractivity contribution in [3.05, 3.63) is 41.6 Å². The molecule has 3 heteroatoms. The summed E-state index contributed by atoms with van der Waals surface area (Å²) in [4.78, 5) is 6.86. The molecule has 1 aromatic heterocycles. The number of hydrogen-bond donors (Lipinski definition) is 1. The lowest BCUT2D eigenvalue weighted by Gasteiger charge is -2.46. The van der Waals surface area contributed by atoms with Gasteiger partial charge in [0.15, 0.2) is 0 Å². The zero-order valence-electron chi connectivity index (χ0n) is 11.6. The van der Waals surface area contributed by atoms with Gasteiger partial charge in [0, 0.05) is 30.7 Å². The highest BCUT2D eigenvalue weighted by molar-refractivity contribution is 5.82. The van der Waals surface area contributed by atoms with Gasteiger partial charge in [-0.05, 0) is 31.0 Å². The molecule has 2 aromatic rings. The smallest absolute Gasteiger partial charge is 0.0897 e. The second kappa shape index (κ2) is 4.58. The monoisotopic (exact) mass is 256 g/mol. The largest absolute Gasteiger partial charge is 0.387 e. The van der Waals surface area contributed by atoms with E-state index in [1.807, 2.05) is 19.9 Å². The quantitative estimate of drug-likeness (QED) is 0.916. The van der Waals surface area contributed by atoms with E-state index < -0.39 is 5.60 Å². The van der Waals surface area contributed by atoms with Crippen molar-refractivity contribution in [2.75, 3.05) is 13.1 Å². The molecule has 1 aromatic carbocycles. The molecule has 0 unspecified atom stereocenters. The number of hydrogen-bond acceptors (Lipinski definition) is 3. The van der Waals surface area contributed by atoms with Gasteiger partial charge >= 0.3 is 0 Å². The summed E-state index contributed by atoms with van der Waals surface area (Å²) in [5, 5.41) is 11.3. The van der Waals surface area contributed by atoms with Gasteiger partial charge in [-0.3, -0.25) is 9.88 Å². The van der Waals surface area contributed by atoms with E-state index >= 15 is 0 Å². The van der Waals surface area contributed by atoms with Crippen LogP contribution in [0.4, 0.5) is 0 Å². The van der Waals surface area contributed by atoms with Crippen LogP contribution in [-0.4, -0.2) is 33.7 Å². The number of para-hydroxylation sites is 1. The second-order valence-electron chi connectivity index (χ2n) is 5.66. The lowest BCUT2D eigenvalue weighted by Crippen LogP contribution is -2.60. The molecule has 2 heterocycles. The number of aryl methyl sites for hydroxylation is 1. The Morgan fingerprint density at radius 3 is 2.79 bits per heavy atom. The van der Waals surface area contributed by atoms with Gasteiger partial charge in [0.25, 0.3) is 0 Å². The van der Waals surface area contributed by atoms with Crippen LogP contribution in [0.25, 0.3) is 10.9 Å². The van der Waals surface area contributed by atoms with Gasteiger partial charge in [0.2, 0.25) is 0 Å². The van der Waals surface area contributed by atoms with Crippen molar-refractivity contribution in [1.82, 2.24) is 9.88 Å². The molecule has 0 spiro atoms. The van der Waals surface area contributed by atoms with E-state index in [4.69, 9.17) is 0 Å². The third kappa shape index (κ3) is 2.36. The van der Waals surface area contributed by atoms with Gasteiger partial charge in [-0.25, -0.2) is 0 Å². The summed E-state index contributed by atoms with van der Waals surface area (Å²) in [6, 6.07) is 10.4.